The summed E-state index contributed by atoms with van der Waals surface area (Å²) in [5.41, 5.74) is 1.81. The van der Waals surface area contributed by atoms with Gasteiger partial charge in [0.25, 0.3) is 5.91 Å². The Kier molecular flexibility index (Phi) is 8.08. The third-order valence-electron chi connectivity index (χ3n) is 4.35. The number of ether oxygens (including phenoxy) is 3. The number of hydrogen-bond donors (Lipinski definition) is 0. The molecule has 31 heavy (non-hydrogen) atoms. The summed E-state index contributed by atoms with van der Waals surface area (Å²) >= 11 is 6.42. The molecule has 0 aromatic heterocycles. The molecule has 3 rings (SSSR count). The Bertz CT molecular complexity index is 991. The van der Waals surface area contributed by atoms with Gasteiger partial charge in [0.2, 0.25) is 0 Å². The second kappa shape index (κ2) is 11.0. The van der Waals surface area contributed by atoms with Gasteiger partial charge in [0.15, 0.2) is 11.5 Å². The van der Waals surface area contributed by atoms with Crippen molar-refractivity contribution < 1.29 is 23.8 Å². The lowest BCUT2D eigenvalue weighted by molar-refractivity contribution is -0.146. The summed E-state index contributed by atoms with van der Waals surface area (Å²) in [6, 6.07) is 15.3. The van der Waals surface area contributed by atoms with Gasteiger partial charge in [-0.3, -0.25) is 14.5 Å². The van der Waals surface area contributed by atoms with E-state index in [0.29, 0.717) is 33.9 Å². The van der Waals surface area contributed by atoms with E-state index < -0.39 is 5.97 Å². The van der Waals surface area contributed by atoms with Crippen molar-refractivity contribution in [1.29, 1.82) is 0 Å². The predicted molar refractivity (Wildman–Crippen MR) is 125 cm³/mol. The molecule has 6 nitrogen and oxygen atoms in total. The van der Waals surface area contributed by atoms with Crippen LogP contribution in [0, 0.1) is 0 Å². The molecule has 2 aromatic carbocycles. The van der Waals surface area contributed by atoms with Gasteiger partial charge in [-0.05, 0) is 35.8 Å². The Balaban J connectivity index is 1.70. The lowest BCUT2D eigenvalue weighted by atomic mass is 10.1. The fourth-order valence-electron chi connectivity index (χ4n) is 2.81. The van der Waals surface area contributed by atoms with Crippen molar-refractivity contribution in [3.63, 3.8) is 0 Å². The molecule has 1 amide bonds. The SMILES string of the molecule is CCCOC(=O)CN1C(=O)C(=Cc2ccc(OCc3ccccc3)c(OC)c2)SC1=S. The van der Waals surface area contributed by atoms with E-state index in [2.05, 4.69) is 0 Å². The van der Waals surface area contributed by atoms with E-state index in [0.717, 1.165) is 29.3 Å². The maximum absolute atomic E-state index is 12.7. The predicted octanol–water partition coefficient (Wildman–Crippen LogP) is 4.43. The quantitative estimate of drug-likeness (QED) is 0.314. The van der Waals surface area contributed by atoms with E-state index in [-0.39, 0.29) is 12.5 Å². The Morgan fingerprint density at radius 3 is 2.65 bits per heavy atom. The molecule has 0 aliphatic carbocycles. The van der Waals surface area contributed by atoms with Gasteiger partial charge in [-0.25, -0.2) is 0 Å². The molecule has 162 valence electrons. The molecule has 0 saturated carbocycles. The summed E-state index contributed by atoms with van der Waals surface area (Å²) in [7, 11) is 1.57. The molecule has 8 heteroatoms. The van der Waals surface area contributed by atoms with Gasteiger partial charge >= 0.3 is 5.97 Å². The number of hydrogen-bond acceptors (Lipinski definition) is 7. The number of nitrogens with zero attached hydrogens (tertiary/aromatic N) is 1. The first-order valence-corrected chi connectivity index (χ1v) is 11.0. The van der Waals surface area contributed by atoms with E-state index in [4.69, 9.17) is 26.4 Å². The zero-order valence-corrected chi connectivity index (χ0v) is 19.0. The molecule has 1 aliphatic heterocycles. The fourth-order valence-corrected chi connectivity index (χ4v) is 4.06. The molecular weight excluding hydrogens is 434 g/mol. The van der Waals surface area contributed by atoms with Crippen LogP contribution in [-0.4, -0.2) is 41.4 Å². The molecule has 2 aromatic rings. The third-order valence-corrected chi connectivity index (χ3v) is 5.73. The molecule has 1 aliphatic rings. The fraction of sp³-hybridized carbons (Fsp3) is 0.261. The van der Waals surface area contributed by atoms with E-state index >= 15 is 0 Å². The van der Waals surface area contributed by atoms with Crippen molar-refractivity contribution in [2.75, 3.05) is 20.3 Å². The van der Waals surface area contributed by atoms with Crippen LogP contribution in [0.5, 0.6) is 11.5 Å². The maximum atomic E-state index is 12.7. The normalized spacial score (nSPS) is 14.8. The molecule has 0 N–H and O–H groups in total. The molecule has 0 unspecified atom stereocenters. The summed E-state index contributed by atoms with van der Waals surface area (Å²) in [5, 5.41) is 0. The minimum atomic E-state index is -0.471. The number of thioether (sulfide) groups is 1. The van der Waals surface area contributed by atoms with Crippen LogP contribution in [0.15, 0.2) is 53.4 Å². The van der Waals surface area contributed by atoms with Crippen LogP contribution < -0.4 is 9.47 Å². The van der Waals surface area contributed by atoms with Crippen LogP contribution in [0.1, 0.15) is 24.5 Å². The summed E-state index contributed by atoms with van der Waals surface area (Å²) in [6.07, 6.45) is 2.44. The van der Waals surface area contributed by atoms with Crippen LogP contribution in [0.3, 0.4) is 0 Å². The second-order valence-corrected chi connectivity index (χ2v) is 8.35. The molecule has 0 bridgehead atoms. The highest BCUT2D eigenvalue weighted by atomic mass is 32.2. The van der Waals surface area contributed by atoms with Crippen molar-refractivity contribution in [2.45, 2.75) is 20.0 Å². The lowest BCUT2D eigenvalue weighted by Crippen LogP contribution is -2.34. The molecule has 1 saturated heterocycles. The molecule has 1 fully saturated rings. The van der Waals surface area contributed by atoms with Gasteiger partial charge in [0.05, 0.1) is 18.6 Å². The van der Waals surface area contributed by atoms with Crippen LogP contribution in [-0.2, 0) is 20.9 Å². The van der Waals surface area contributed by atoms with Gasteiger partial charge in [0, 0.05) is 0 Å². The smallest absolute Gasteiger partial charge is 0.326 e. The first-order valence-electron chi connectivity index (χ1n) is 9.77. The highest BCUT2D eigenvalue weighted by Gasteiger charge is 2.33. The summed E-state index contributed by atoms with van der Waals surface area (Å²) in [4.78, 5) is 26.3. The first kappa shape index (κ1) is 22.8. The zero-order chi connectivity index (χ0) is 22.2. The Morgan fingerprint density at radius 1 is 1.16 bits per heavy atom. The highest BCUT2D eigenvalue weighted by molar-refractivity contribution is 8.26. The zero-order valence-electron chi connectivity index (χ0n) is 17.3. The first-order chi connectivity index (χ1) is 15.0. The average molecular weight is 458 g/mol. The molecule has 0 spiro atoms. The largest absolute Gasteiger partial charge is 0.493 e. The van der Waals surface area contributed by atoms with E-state index in [1.54, 1.807) is 25.3 Å². The standard InChI is InChI=1S/C23H23NO5S2/c1-3-11-28-21(25)14-24-22(26)20(31-23(24)30)13-17-9-10-18(19(12-17)27-2)29-15-16-7-5-4-6-8-16/h4-10,12-13H,3,11,14-15H2,1-2H3. The van der Waals surface area contributed by atoms with Gasteiger partial charge in [-0.1, -0.05) is 67.3 Å². The number of carbonyl (C=O) groups is 2. The van der Waals surface area contributed by atoms with Crippen LogP contribution in [0.2, 0.25) is 0 Å². The van der Waals surface area contributed by atoms with Gasteiger partial charge in [-0.15, -0.1) is 0 Å². The number of thiocarbonyl (C=S) groups is 1. The van der Waals surface area contributed by atoms with Crippen molar-refractivity contribution in [3.8, 4) is 11.5 Å². The Labute approximate surface area is 191 Å². The van der Waals surface area contributed by atoms with Crippen molar-refractivity contribution >= 4 is 46.3 Å². The number of esters is 1. The summed E-state index contributed by atoms with van der Waals surface area (Å²) in [6.45, 7) is 2.46. The monoisotopic (exact) mass is 457 g/mol. The van der Waals surface area contributed by atoms with Crippen LogP contribution in [0.25, 0.3) is 6.08 Å². The maximum Gasteiger partial charge on any atom is 0.326 e. The van der Waals surface area contributed by atoms with E-state index in [1.807, 2.05) is 43.3 Å². The van der Waals surface area contributed by atoms with Crippen molar-refractivity contribution in [1.82, 2.24) is 4.90 Å². The number of amides is 1. The van der Waals surface area contributed by atoms with E-state index in [1.165, 1.54) is 4.90 Å². The number of benzene rings is 2. The minimum Gasteiger partial charge on any atom is -0.493 e. The number of carbonyl (C=O) groups excluding carboxylic acids is 2. The Hall–Kier alpha value is -2.84. The summed E-state index contributed by atoms with van der Waals surface area (Å²) < 4.78 is 16.7. The van der Waals surface area contributed by atoms with Crippen molar-refractivity contribution in [2.24, 2.45) is 0 Å². The third kappa shape index (κ3) is 6.08. The van der Waals surface area contributed by atoms with Crippen LogP contribution in [0.4, 0.5) is 0 Å². The topological polar surface area (TPSA) is 65.1 Å². The molecular formula is C23H23NO5S2. The molecule has 0 radical (unpaired) electrons. The van der Waals surface area contributed by atoms with Crippen molar-refractivity contribution in [3.05, 3.63) is 64.6 Å². The molecule has 1 heterocycles. The van der Waals surface area contributed by atoms with Crippen LogP contribution >= 0.6 is 24.0 Å². The lowest BCUT2D eigenvalue weighted by Gasteiger charge is -2.13. The molecule has 0 atom stereocenters. The van der Waals surface area contributed by atoms with Gasteiger partial charge in [0.1, 0.15) is 17.5 Å². The highest BCUT2D eigenvalue weighted by Crippen LogP contribution is 2.35. The van der Waals surface area contributed by atoms with E-state index in [9.17, 15) is 9.59 Å². The Morgan fingerprint density at radius 2 is 1.94 bits per heavy atom. The number of rotatable bonds is 9. The number of methoxy groups -OCH3 is 1. The van der Waals surface area contributed by atoms with Gasteiger partial charge in [-0.2, -0.15) is 0 Å². The average Bonchev–Trinajstić information content (AvgIpc) is 3.04. The minimum absolute atomic E-state index is 0.183. The van der Waals surface area contributed by atoms with Gasteiger partial charge < -0.3 is 14.2 Å². The second-order valence-electron chi connectivity index (χ2n) is 6.67. The summed E-state index contributed by atoms with van der Waals surface area (Å²) in [5.74, 6) is 0.380.